The van der Waals surface area contributed by atoms with Crippen molar-refractivity contribution in [1.29, 1.82) is 0 Å². The Hall–Kier alpha value is -1.16. The van der Waals surface area contributed by atoms with Crippen molar-refractivity contribution in [2.45, 2.75) is 38.3 Å². The molecule has 3 rings (SSSR count). The number of ether oxygens (including phenoxy) is 1. The molecule has 5 nitrogen and oxygen atoms in total. The summed E-state index contributed by atoms with van der Waals surface area (Å²) in [6.07, 6.45) is 4.73. The van der Waals surface area contributed by atoms with Crippen LogP contribution >= 0.6 is 35.3 Å². The van der Waals surface area contributed by atoms with Gasteiger partial charge in [0.1, 0.15) is 0 Å². The van der Waals surface area contributed by atoms with E-state index in [2.05, 4.69) is 75.0 Å². The fourth-order valence-electron chi connectivity index (χ4n) is 3.82. The summed E-state index contributed by atoms with van der Waals surface area (Å²) in [4.78, 5) is 10.6. The Balaban J connectivity index is 0.00000341. The summed E-state index contributed by atoms with van der Waals surface area (Å²) >= 11 is 1.82. The molecule has 1 fully saturated rings. The van der Waals surface area contributed by atoms with E-state index in [-0.39, 0.29) is 24.0 Å². The molecule has 0 amide bonds. The van der Waals surface area contributed by atoms with Crippen LogP contribution in [-0.4, -0.2) is 68.7 Å². The molecule has 0 spiro atoms. The lowest BCUT2D eigenvalue weighted by Gasteiger charge is -2.32. The van der Waals surface area contributed by atoms with Gasteiger partial charge in [0.15, 0.2) is 5.96 Å². The highest BCUT2D eigenvalue weighted by molar-refractivity contribution is 14.0. The smallest absolute Gasteiger partial charge is 0.193 e. The maximum absolute atomic E-state index is 6.14. The summed E-state index contributed by atoms with van der Waals surface area (Å²) in [5, 5.41) is 5.60. The van der Waals surface area contributed by atoms with E-state index in [1.54, 1.807) is 0 Å². The molecule has 172 valence electrons. The van der Waals surface area contributed by atoms with Crippen molar-refractivity contribution in [3.05, 3.63) is 58.3 Å². The molecule has 7 heteroatoms. The van der Waals surface area contributed by atoms with E-state index < -0.39 is 0 Å². The number of aliphatic imine (C=N–C) groups is 1. The number of hydrogen-bond donors (Lipinski definition) is 1. The maximum Gasteiger partial charge on any atom is 0.193 e. The molecule has 1 N–H and O–H groups in total. The van der Waals surface area contributed by atoms with Gasteiger partial charge >= 0.3 is 0 Å². The van der Waals surface area contributed by atoms with Gasteiger partial charge in [0.25, 0.3) is 0 Å². The molecule has 1 aliphatic rings. The van der Waals surface area contributed by atoms with Crippen molar-refractivity contribution < 1.29 is 4.74 Å². The zero-order valence-electron chi connectivity index (χ0n) is 18.8. The zero-order chi connectivity index (χ0) is 21.0. The Morgan fingerprint density at radius 2 is 1.97 bits per heavy atom. The number of piperidine rings is 1. The quantitative estimate of drug-likeness (QED) is 0.203. The number of thiophene rings is 1. The molecule has 0 saturated carbocycles. The molecular weight excluding hydrogens is 519 g/mol. The van der Waals surface area contributed by atoms with Crippen molar-refractivity contribution in [2.24, 2.45) is 4.99 Å². The van der Waals surface area contributed by atoms with Gasteiger partial charge in [0, 0.05) is 58.3 Å². The van der Waals surface area contributed by atoms with E-state index in [1.165, 1.54) is 10.4 Å². The molecule has 0 bridgehead atoms. The van der Waals surface area contributed by atoms with Gasteiger partial charge in [-0.25, -0.2) is 0 Å². The van der Waals surface area contributed by atoms with Crippen molar-refractivity contribution in [1.82, 2.24) is 15.1 Å². The predicted octanol–water partition coefficient (Wildman–Crippen LogP) is 4.49. The first-order valence-corrected chi connectivity index (χ1v) is 11.9. The molecule has 0 aliphatic carbocycles. The summed E-state index contributed by atoms with van der Waals surface area (Å²) in [5.41, 5.74) is 1.40. The van der Waals surface area contributed by atoms with Gasteiger partial charge in [-0.15, -0.1) is 35.3 Å². The standard InChI is InChI=1S/C24H36N4OS.HI/c1-25-24(27(2)15-13-23-10-6-19-30-23)26-14-7-18-29-22-11-16-28(17-12-22)20-21-8-4-3-5-9-21;/h3-6,8-10,19,22H,7,11-18,20H2,1-2H3,(H,25,26);1H. The first-order chi connectivity index (χ1) is 14.7. The lowest BCUT2D eigenvalue weighted by molar-refractivity contribution is 0.00531. The average Bonchev–Trinajstić information content (AvgIpc) is 3.30. The summed E-state index contributed by atoms with van der Waals surface area (Å²) in [5.74, 6) is 0.959. The molecule has 0 radical (unpaired) electrons. The largest absolute Gasteiger partial charge is 0.378 e. The van der Waals surface area contributed by atoms with E-state index in [9.17, 15) is 0 Å². The van der Waals surface area contributed by atoms with Crippen molar-refractivity contribution in [2.75, 3.05) is 46.9 Å². The van der Waals surface area contributed by atoms with Crippen LogP contribution in [0.15, 0.2) is 52.8 Å². The molecule has 0 atom stereocenters. The second kappa shape index (κ2) is 14.8. The lowest BCUT2D eigenvalue weighted by atomic mass is 10.1. The van der Waals surface area contributed by atoms with E-state index in [1.807, 2.05) is 18.4 Å². The second-order valence-corrected chi connectivity index (χ2v) is 8.94. The number of likely N-dealkylation sites (tertiary alicyclic amines) is 1. The van der Waals surface area contributed by atoms with Gasteiger partial charge in [-0.2, -0.15) is 0 Å². The maximum atomic E-state index is 6.14. The third-order valence-electron chi connectivity index (χ3n) is 5.59. The number of benzene rings is 1. The summed E-state index contributed by atoms with van der Waals surface area (Å²) in [6.45, 7) is 5.98. The number of nitrogens with one attached hydrogen (secondary N) is 1. The number of halogens is 1. The minimum atomic E-state index is 0. The molecule has 1 aliphatic heterocycles. The van der Waals surface area contributed by atoms with Crippen LogP contribution < -0.4 is 5.32 Å². The third kappa shape index (κ3) is 9.47. The normalized spacial score (nSPS) is 15.5. The van der Waals surface area contributed by atoms with Crippen LogP contribution in [0.25, 0.3) is 0 Å². The molecule has 0 unspecified atom stereocenters. The Labute approximate surface area is 208 Å². The number of likely N-dealkylation sites (N-methyl/N-ethyl adjacent to an activating group) is 1. The monoisotopic (exact) mass is 556 g/mol. The highest BCUT2D eigenvalue weighted by atomic mass is 127. The van der Waals surface area contributed by atoms with E-state index in [0.717, 1.165) is 71.0 Å². The number of rotatable bonds is 10. The number of nitrogens with zero attached hydrogens (tertiary/aromatic N) is 3. The van der Waals surface area contributed by atoms with E-state index in [4.69, 9.17) is 4.74 Å². The van der Waals surface area contributed by atoms with Gasteiger partial charge < -0.3 is 15.0 Å². The Bertz CT molecular complexity index is 733. The summed E-state index contributed by atoms with van der Waals surface area (Å²) < 4.78 is 6.14. The van der Waals surface area contributed by atoms with E-state index in [0.29, 0.717) is 6.10 Å². The Kier molecular flexibility index (Phi) is 12.5. The first-order valence-electron chi connectivity index (χ1n) is 11.1. The number of hydrogen-bond acceptors (Lipinski definition) is 4. The fraction of sp³-hybridized carbons (Fsp3) is 0.542. The first kappa shape index (κ1) is 26.1. The number of guanidine groups is 1. The minimum Gasteiger partial charge on any atom is -0.378 e. The molecule has 2 heterocycles. The minimum absolute atomic E-state index is 0. The predicted molar refractivity (Wildman–Crippen MR) is 143 cm³/mol. The van der Waals surface area contributed by atoms with Crippen LogP contribution in [0.2, 0.25) is 0 Å². The average molecular weight is 557 g/mol. The molecule has 1 aromatic carbocycles. The zero-order valence-corrected chi connectivity index (χ0v) is 22.0. The lowest BCUT2D eigenvalue weighted by Crippen LogP contribution is -2.40. The van der Waals surface area contributed by atoms with Gasteiger partial charge in [0.05, 0.1) is 6.10 Å². The summed E-state index contributed by atoms with van der Waals surface area (Å²) in [7, 11) is 3.95. The van der Waals surface area contributed by atoms with Gasteiger partial charge in [-0.1, -0.05) is 36.4 Å². The Morgan fingerprint density at radius 1 is 1.19 bits per heavy atom. The highest BCUT2D eigenvalue weighted by Gasteiger charge is 2.19. The van der Waals surface area contributed by atoms with Crippen LogP contribution in [0.5, 0.6) is 0 Å². The fourth-order valence-corrected chi connectivity index (χ4v) is 4.52. The molecular formula is C24H37IN4OS. The van der Waals surface area contributed by atoms with Crippen LogP contribution in [0.4, 0.5) is 0 Å². The molecule has 31 heavy (non-hydrogen) atoms. The summed E-state index contributed by atoms with van der Waals surface area (Å²) in [6, 6.07) is 15.0. The van der Waals surface area contributed by atoms with Gasteiger partial charge in [-0.3, -0.25) is 9.89 Å². The van der Waals surface area contributed by atoms with Crippen molar-refractivity contribution >= 4 is 41.3 Å². The molecule has 1 aromatic heterocycles. The van der Waals surface area contributed by atoms with Crippen LogP contribution in [0, 0.1) is 0 Å². The topological polar surface area (TPSA) is 40.1 Å². The van der Waals surface area contributed by atoms with Crippen LogP contribution in [0.1, 0.15) is 29.7 Å². The SMILES string of the molecule is CN=C(NCCCOC1CCN(Cc2ccccc2)CC1)N(C)CCc1cccs1.I. The third-order valence-corrected chi connectivity index (χ3v) is 6.52. The van der Waals surface area contributed by atoms with Gasteiger partial charge in [-0.05, 0) is 42.7 Å². The van der Waals surface area contributed by atoms with Crippen molar-refractivity contribution in [3.8, 4) is 0 Å². The molecule has 2 aromatic rings. The van der Waals surface area contributed by atoms with Crippen LogP contribution in [0.3, 0.4) is 0 Å². The van der Waals surface area contributed by atoms with Crippen molar-refractivity contribution in [3.63, 3.8) is 0 Å². The second-order valence-electron chi connectivity index (χ2n) is 7.91. The Morgan fingerprint density at radius 3 is 2.65 bits per heavy atom. The molecule has 1 saturated heterocycles. The van der Waals surface area contributed by atoms with E-state index >= 15 is 0 Å². The van der Waals surface area contributed by atoms with Gasteiger partial charge in [0.2, 0.25) is 0 Å². The highest BCUT2D eigenvalue weighted by Crippen LogP contribution is 2.16. The van der Waals surface area contributed by atoms with Crippen LogP contribution in [-0.2, 0) is 17.7 Å².